The molecule has 2 nitrogen and oxygen atoms in total. The Hall–Kier alpha value is 0.270. The van der Waals surface area contributed by atoms with Gasteiger partial charge in [0.25, 0.3) is 0 Å². The van der Waals surface area contributed by atoms with Crippen molar-refractivity contribution >= 4 is 11.8 Å². The average Bonchev–Trinajstić information content (AvgIpc) is 2.40. The molecule has 1 fully saturated rings. The molecule has 1 rings (SSSR count). The van der Waals surface area contributed by atoms with Gasteiger partial charge in [0.2, 0.25) is 0 Å². The number of rotatable bonds is 4. The summed E-state index contributed by atoms with van der Waals surface area (Å²) in [4.78, 5) is 0. The lowest BCUT2D eigenvalue weighted by molar-refractivity contribution is 0.289. The van der Waals surface area contributed by atoms with Crippen molar-refractivity contribution in [3.05, 3.63) is 0 Å². The van der Waals surface area contributed by atoms with E-state index in [1.54, 1.807) is 0 Å². The Morgan fingerprint density at radius 3 is 3.09 bits per heavy atom. The molecule has 1 aliphatic rings. The summed E-state index contributed by atoms with van der Waals surface area (Å²) in [6.45, 7) is 4.84. The van der Waals surface area contributed by atoms with E-state index in [0.29, 0.717) is 11.9 Å². The SMILES string of the molecule is CC(CCO)SC1CCNC1. The van der Waals surface area contributed by atoms with Gasteiger partial charge in [0.05, 0.1) is 0 Å². The van der Waals surface area contributed by atoms with E-state index in [1.165, 1.54) is 13.0 Å². The minimum absolute atomic E-state index is 0.328. The number of hydrogen-bond acceptors (Lipinski definition) is 3. The highest BCUT2D eigenvalue weighted by molar-refractivity contribution is 8.00. The Morgan fingerprint density at radius 1 is 1.73 bits per heavy atom. The first-order chi connectivity index (χ1) is 5.33. The van der Waals surface area contributed by atoms with Crippen molar-refractivity contribution in [2.45, 2.75) is 30.3 Å². The van der Waals surface area contributed by atoms with E-state index in [0.717, 1.165) is 18.2 Å². The van der Waals surface area contributed by atoms with Gasteiger partial charge in [0.15, 0.2) is 0 Å². The Kier molecular flexibility index (Phi) is 4.26. The maximum atomic E-state index is 8.68. The largest absolute Gasteiger partial charge is 0.396 e. The number of thioether (sulfide) groups is 1. The smallest absolute Gasteiger partial charge is 0.0441 e. The van der Waals surface area contributed by atoms with E-state index >= 15 is 0 Å². The maximum absolute atomic E-state index is 8.68. The quantitative estimate of drug-likeness (QED) is 0.664. The molecular weight excluding hydrogens is 158 g/mol. The number of nitrogens with one attached hydrogen (secondary N) is 1. The van der Waals surface area contributed by atoms with Crippen molar-refractivity contribution in [1.29, 1.82) is 0 Å². The highest BCUT2D eigenvalue weighted by atomic mass is 32.2. The summed E-state index contributed by atoms with van der Waals surface area (Å²) in [5.41, 5.74) is 0. The second-order valence-electron chi connectivity index (χ2n) is 3.07. The van der Waals surface area contributed by atoms with E-state index in [-0.39, 0.29) is 0 Å². The van der Waals surface area contributed by atoms with E-state index in [9.17, 15) is 0 Å². The fourth-order valence-electron chi connectivity index (χ4n) is 1.32. The molecule has 0 amide bonds. The van der Waals surface area contributed by atoms with Gasteiger partial charge in [-0.1, -0.05) is 6.92 Å². The van der Waals surface area contributed by atoms with Gasteiger partial charge in [0.1, 0.15) is 0 Å². The summed E-state index contributed by atoms with van der Waals surface area (Å²) < 4.78 is 0. The van der Waals surface area contributed by atoms with Crippen molar-refractivity contribution in [3.63, 3.8) is 0 Å². The van der Waals surface area contributed by atoms with Crippen LogP contribution in [0.2, 0.25) is 0 Å². The van der Waals surface area contributed by atoms with Crippen molar-refractivity contribution in [2.24, 2.45) is 0 Å². The topological polar surface area (TPSA) is 32.3 Å². The molecule has 66 valence electrons. The molecule has 2 unspecified atom stereocenters. The zero-order valence-corrected chi connectivity index (χ0v) is 7.86. The third-order valence-electron chi connectivity index (χ3n) is 1.98. The van der Waals surface area contributed by atoms with Crippen LogP contribution in [0.5, 0.6) is 0 Å². The summed E-state index contributed by atoms with van der Waals surface area (Å²) in [5.74, 6) is 0. The molecule has 0 aromatic heterocycles. The predicted molar refractivity (Wildman–Crippen MR) is 50.0 cm³/mol. The Morgan fingerprint density at radius 2 is 2.55 bits per heavy atom. The molecular formula is C8H17NOS. The van der Waals surface area contributed by atoms with Gasteiger partial charge in [-0.25, -0.2) is 0 Å². The summed E-state index contributed by atoms with van der Waals surface area (Å²) in [5, 5.41) is 13.4. The van der Waals surface area contributed by atoms with E-state index < -0.39 is 0 Å². The van der Waals surface area contributed by atoms with Crippen LogP contribution in [0, 0.1) is 0 Å². The van der Waals surface area contributed by atoms with Gasteiger partial charge in [-0.3, -0.25) is 0 Å². The molecule has 0 bridgehead atoms. The van der Waals surface area contributed by atoms with Crippen molar-refractivity contribution in [3.8, 4) is 0 Å². The van der Waals surface area contributed by atoms with Gasteiger partial charge in [-0.15, -0.1) is 0 Å². The number of hydrogen-bond donors (Lipinski definition) is 2. The standard InChI is InChI=1S/C8H17NOS/c1-7(3-5-10)11-8-2-4-9-6-8/h7-10H,2-6H2,1H3. The van der Waals surface area contributed by atoms with Crippen LogP contribution in [0.4, 0.5) is 0 Å². The zero-order valence-electron chi connectivity index (χ0n) is 7.05. The first-order valence-corrected chi connectivity index (χ1v) is 5.24. The molecule has 2 N–H and O–H groups in total. The molecule has 11 heavy (non-hydrogen) atoms. The lowest BCUT2D eigenvalue weighted by atomic mass is 10.3. The second kappa shape index (κ2) is 5.01. The highest BCUT2D eigenvalue weighted by Crippen LogP contribution is 2.23. The summed E-state index contributed by atoms with van der Waals surface area (Å²) in [7, 11) is 0. The van der Waals surface area contributed by atoms with Crippen molar-refractivity contribution in [2.75, 3.05) is 19.7 Å². The molecule has 1 heterocycles. The highest BCUT2D eigenvalue weighted by Gasteiger charge is 2.17. The Labute approximate surface area is 72.8 Å². The molecule has 0 saturated carbocycles. The van der Waals surface area contributed by atoms with Crippen molar-refractivity contribution < 1.29 is 5.11 Å². The minimum Gasteiger partial charge on any atom is -0.396 e. The summed E-state index contributed by atoms with van der Waals surface area (Å²) in [6, 6.07) is 0. The van der Waals surface area contributed by atoms with Gasteiger partial charge >= 0.3 is 0 Å². The second-order valence-corrected chi connectivity index (χ2v) is 4.82. The lowest BCUT2D eigenvalue weighted by Crippen LogP contribution is -2.13. The van der Waals surface area contributed by atoms with E-state index in [4.69, 9.17) is 5.11 Å². The maximum Gasteiger partial charge on any atom is 0.0441 e. The molecule has 2 atom stereocenters. The van der Waals surface area contributed by atoms with Gasteiger partial charge in [-0.05, 0) is 19.4 Å². The third-order valence-corrected chi connectivity index (χ3v) is 3.46. The van der Waals surface area contributed by atoms with E-state index in [1.807, 2.05) is 11.8 Å². The van der Waals surface area contributed by atoms with Crippen LogP contribution in [0.15, 0.2) is 0 Å². The van der Waals surface area contributed by atoms with Gasteiger partial charge in [0, 0.05) is 23.7 Å². The molecule has 0 aromatic carbocycles. The first-order valence-electron chi connectivity index (χ1n) is 4.30. The minimum atomic E-state index is 0.328. The Balaban J connectivity index is 2.08. The molecule has 0 spiro atoms. The molecule has 1 saturated heterocycles. The molecule has 0 aromatic rings. The first kappa shape index (κ1) is 9.36. The number of aliphatic hydroxyl groups excluding tert-OH is 1. The van der Waals surface area contributed by atoms with Crippen LogP contribution in [0.25, 0.3) is 0 Å². The van der Waals surface area contributed by atoms with Crippen LogP contribution >= 0.6 is 11.8 Å². The predicted octanol–water partition coefficient (Wildman–Crippen LogP) is 0.852. The van der Waals surface area contributed by atoms with Gasteiger partial charge in [-0.2, -0.15) is 11.8 Å². The van der Waals surface area contributed by atoms with Crippen LogP contribution < -0.4 is 5.32 Å². The van der Waals surface area contributed by atoms with Crippen LogP contribution in [0.3, 0.4) is 0 Å². The summed E-state index contributed by atoms with van der Waals surface area (Å²) in [6.07, 6.45) is 2.22. The van der Waals surface area contributed by atoms with E-state index in [2.05, 4.69) is 12.2 Å². The van der Waals surface area contributed by atoms with Crippen molar-refractivity contribution in [1.82, 2.24) is 5.32 Å². The molecule has 0 aliphatic carbocycles. The lowest BCUT2D eigenvalue weighted by Gasteiger charge is -2.13. The van der Waals surface area contributed by atoms with Crippen LogP contribution in [0.1, 0.15) is 19.8 Å². The molecule has 0 radical (unpaired) electrons. The number of aliphatic hydroxyl groups is 1. The third kappa shape index (κ3) is 3.45. The van der Waals surface area contributed by atoms with Crippen LogP contribution in [-0.4, -0.2) is 35.3 Å². The zero-order chi connectivity index (χ0) is 8.10. The fraction of sp³-hybridized carbons (Fsp3) is 1.00. The fourth-order valence-corrected chi connectivity index (χ4v) is 2.69. The monoisotopic (exact) mass is 175 g/mol. The Bertz CT molecular complexity index is 104. The average molecular weight is 175 g/mol. The van der Waals surface area contributed by atoms with Gasteiger partial charge < -0.3 is 10.4 Å². The van der Waals surface area contributed by atoms with Crippen LogP contribution in [-0.2, 0) is 0 Å². The normalized spacial score (nSPS) is 27.3. The molecule has 3 heteroatoms. The summed E-state index contributed by atoms with van der Waals surface area (Å²) >= 11 is 2.01. The molecule has 1 aliphatic heterocycles.